The molecule has 1 aromatic carbocycles. The molecule has 1 unspecified atom stereocenters. The number of pyridine rings is 1. The van der Waals surface area contributed by atoms with E-state index in [0.29, 0.717) is 56.2 Å². The number of aromatic carboxylic acids is 1. The lowest BCUT2D eigenvalue weighted by Crippen LogP contribution is -2.49. The number of piperidine rings is 1. The lowest BCUT2D eigenvalue weighted by molar-refractivity contribution is -0.141. The number of hydrogen-bond acceptors (Lipinski definition) is 8. The fourth-order valence-corrected chi connectivity index (χ4v) is 5.51. The zero-order valence-corrected chi connectivity index (χ0v) is 23.6. The number of carboxylic acid groups (broad SMARTS) is 1. The maximum Gasteiger partial charge on any atom is 0.437 e. The highest BCUT2D eigenvalue weighted by atomic mass is 19.4. The van der Waals surface area contributed by atoms with Gasteiger partial charge in [-0.3, -0.25) is 9.59 Å². The molecule has 0 radical (unpaired) electrons. The number of Topliss-reactive ketones (excluding diaryl/α,β-unsaturated/α-hetero) is 1. The van der Waals surface area contributed by atoms with Crippen molar-refractivity contribution in [2.24, 2.45) is 5.92 Å². The third-order valence-corrected chi connectivity index (χ3v) is 7.78. The molecule has 10 nitrogen and oxygen atoms in total. The SMILES string of the molecule is CC1CCCN(c2nc(C(F)(F)F)c(C(=O)Cc3ccc(N4CCN(C(=O)Cc5ccccc5C(=O)O)CC4)nc3)o2)C1. The molecule has 228 valence electrons. The van der Waals surface area contributed by atoms with E-state index in [2.05, 4.69) is 9.97 Å². The van der Waals surface area contributed by atoms with Crippen molar-refractivity contribution in [3.8, 4) is 0 Å². The Morgan fingerprint density at radius 3 is 2.40 bits per heavy atom. The number of rotatable bonds is 8. The number of amides is 1. The van der Waals surface area contributed by atoms with Crippen molar-refractivity contribution < 1.29 is 37.1 Å². The summed E-state index contributed by atoms with van der Waals surface area (Å²) in [6, 6.07) is 9.56. The van der Waals surface area contributed by atoms with Gasteiger partial charge in [-0.2, -0.15) is 18.2 Å². The van der Waals surface area contributed by atoms with Crippen LogP contribution in [0.2, 0.25) is 0 Å². The van der Waals surface area contributed by atoms with Gasteiger partial charge in [0, 0.05) is 51.9 Å². The number of nitrogens with zero attached hydrogens (tertiary/aromatic N) is 5. The average molecular weight is 600 g/mol. The third kappa shape index (κ3) is 6.98. The normalized spacial score (nSPS) is 17.7. The molecule has 0 bridgehead atoms. The third-order valence-electron chi connectivity index (χ3n) is 7.78. The minimum Gasteiger partial charge on any atom is -0.478 e. The average Bonchev–Trinajstić information content (AvgIpc) is 3.45. The van der Waals surface area contributed by atoms with Crippen molar-refractivity contribution in [2.75, 3.05) is 49.1 Å². The van der Waals surface area contributed by atoms with Crippen LogP contribution in [0.4, 0.5) is 25.0 Å². The predicted molar refractivity (Wildman–Crippen MR) is 150 cm³/mol. The summed E-state index contributed by atoms with van der Waals surface area (Å²) in [5.41, 5.74) is -0.321. The monoisotopic (exact) mass is 599 g/mol. The van der Waals surface area contributed by atoms with E-state index in [4.69, 9.17) is 4.42 Å². The van der Waals surface area contributed by atoms with Gasteiger partial charge in [-0.05, 0) is 42.0 Å². The smallest absolute Gasteiger partial charge is 0.437 e. The van der Waals surface area contributed by atoms with Gasteiger partial charge in [0.05, 0.1) is 12.0 Å². The Bertz CT molecular complexity index is 1480. The fraction of sp³-hybridized carbons (Fsp3) is 0.433. The van der Waals surface area contributed by atoms with Gasteiger partial charge >= 0.3 is 12.1 Å². The minimum absolute atomic E-state index is 0.0106. The Kier molecular flexibility index (Phi) is 8.69. The number of alkyl halides is 3. The molecule has 1 atom stereocenters. The van der Waals surface area contributed by atoms with Gasteiger partial charge in [0.15, 0.2) is 5.69 Å². The lowest BCUT2D eigenvalue weighted by atomic mass is 10.0. The predicted octanol–water partition coefficient (Wildman–Crippen LogP) is 4.34. The van der Waals surface area contributed by atoms with Crippen LogP contribution in [-0.2, 0) is 23.8 Å². The summed E-state index contributed by atoms with van der Waals surface area (Å²) in [6.07, 6.45) is -1.96. The van der Waals surface area contributed by atoms with Crippen molar-refractivity contribution in [3.05, 3.63) is 70.7 Å². The number of carbonyl (C=O) groups excluding carboxylic acids is 2. The van der Waals surface area contributed by atoms with Crippen LogP contribution in [0.15, 0.2) is 47.0 Å². The summed E-state index contributed by atoms with van der Waals surface area (Å²) in [7, 11) is 0. The van der Waals surface area contributed by atoms with E-state index in [0.717, 1.165) is 12.8 Å². The van der Waals surface area contributed by atoms with Crippen molar-refractivity contribution >= 4 is 29.5 Å². The van der Waals surface area contributed by atoms with Crippen LogP contribution in [0.25, 0.3) is 0 Å². The number of carboxylic acids is 1. The first-order chi connectivity index (χ1) is 20.5. The standard InChI is InChI=1S/C30H32F3N5O5/c1-19-5-4-10-38(18-19)29-35-27(30(31,32)33)26(43-29)23(39)15-20-8-9-24(34-17-20)36-11-13-37(14-12-36)25(40)16-21-6-2-3-7-22(21)28(41)42/h2-3,6-9,17,19H,4-5,10-16,18H2,1H3,(H,41,42). The van der Waals surface area contributed by atoms with Crippen molar-refractivity contribution in [2.45, 2.75) is 38.8 Å². The van der Waals surface area contributed by atoms with Crippen LogP contribution in [0, 0.1) is 5.92 Å². The maximum absolute atomic E-state index is 13.7. The highest BCUT2D eigenvalue weighted by molar-refractivity contribution is 5.96. The van der Waals surface area contributed by atoms with Gasteiger partial charge in [0.1, 0.15) is 5.82 Å². The van der Waals surface area contributed by atoms with E-state index < -0.39 is 29.4 Å². The van der Waals surface area contributed by atoms with Gasteiger partial charge < -0.3 is 24.2 Å². The molecule has 3 aromatic rings. The summed E-state index contributed by atoms with van der Waals surface area (Å²) in [5.74, 6) is -1.99. The zero-order valence-electron chi connectivity index (χ0n) is 23.6. The van der Waals surface area contributed by atoms with Crippen LogP contribution in [0.3, 0.4) is 0 Å². The number of ketones is 1. The Balaban J connectivity index is 1.19. The first kappa shape index (κ1) is 30.1. The molecule has 0 aliphatic carbocycles. The molecule has 43 heavy (non-hydrogen) atoms. The number of piperazine rings is 1. The summed E-state index contributed by atoms with van der Waals surface area (Å²) < 4.78 is 46.6. The van der Waals surface area contributed by atoms with E-state index in [-0.39, 0.29) is 36.2 Å². The molecule has 1 amide bonds. The van der Waals surface area contributed by atoms with Gasteiger partial charge in [0.25, 0.3) is 6.01 Å². The number of aromatic nitrogens is 2. The number of halogens is 3. The topological polar surface area (TPSA) is 120 Å². The van der Waals surface area contributed by atoms with E-state index in [1.165, 1.54) is 12.3 Å². The quantitative estimate of drug-likeness (QED) is 0.377. The second-order valence-corrected chi connectivity index (χ2v) is 11.0. The maximum atomic E-state index is 13.7. The highest BCUT2D eigenvalue weighted by Gasteiger charge is 2.42. The van der Waals surface area contributed by atoms with Gasteiger partial charge in [-0.25, -0.2) is 9.78 Å². The molecule has 2 aromatic heterocycles. The number of anilines is 2. The highest BCUT2D eigenvalue weighted by Crippen LogP contribution is 2.35. The number of oxazole rings is 1. The van der Waals surface area contributed by atoms with Crippen molar-refractivity contribution in [3.63, 3.8) is 0 Å². The largest absolute Gasteiger partial charge is 0.478 e. The van der Waals surface area contributed by atoms with Crippen LogP contribution < -0.4 is 9.80 Å². The number of carbonyl (C=O) groups is 3. The van der Waals surface area contributed by atoms with Gasteiger partial charge in [-0.1, -0.05) is 31.2 Å². The van der Waals surface area contributed by atoms with Crippen LogP contribution in [-0.4, -0.2) is 76.9 Å². The molecule has 5 rings (SSSR count). The summed E-state index contributed by atoms with van der Waals surface area (Å²) in [6.45, 7) is 4.84. The first-order valence-corrected chi connectivity index (χ1v) is 14.1. The Morgan fingerprint density at radius 2 is 1.74 bits per heavy atom. The van der Waals surface area contributed by atoms with Crippen molar-refractivity contribution in [1.82, 2.24) is 14.9 Å². The van der Waals surface area contributed by atoms with Crippen LogP contribution >= 0.6 is 0 Å². The number of hydrogen-bond donors (Lipinski definition) is 1. The summed E-state index contributed by atoms with van der Waals surface area (Å²) >= 11 is 0. The fourth-order valence-electron chi connectivity index (χ4n) is 5.51. The molecular weight excluding hydrogens is 567 g/mol. The molecule has 0 saturated carbocycles. The Labute approximate surface area is 246 Å². The molecule has 1 N–H and O–H groups in total. The first-order valence-electron chi connectivity index (χ1n) is 14.1. The molecule has 0 spiro atoms. The zero-order chi connectivity index (χ0) is 30.7. The van der Waals surface area contributed by atoms with Crippen LogP contribution in [0.5, 0.6) is 0 Å². The molecule has 4 heterocycles. The second kappa shape index (κ2) is 12.4. The van der Waals surface area contributed by atoms with Gasteiger partial charge in [0.2, 0.25) is 17.5 Å². The minimum atomic E-state index is -4.83. The molecule has 2 fully saturated rings. The number of benzene rings is 1. The van der Waals surface area contributed by atoms with Crippen LogP contribution in [0.1, 0.15) is 57.5 Å². The summed E-state index contributed by atoms with van der Waals surface area (Å²) in [4.78, 5) is 50.6. The van der Waals surface area contributed by atoms with E-state index in [1.54, 1.807) is 40.1 Å². The molecule has 2 aliphatic heterocycles. The molecular formula is C30H32F3N5O5. The second-order valence-electron chi connectivity index (χ2n) is 11.0. The molecule has 2 saturated heterocycles. The Hall–Kier alpha value is -4.42. The summed E-state index contributed by atoms with van der Waals surface area (Å²) in [5, 5.41) is 9.37. The van der Waals surface area contributed by atoms with E-state index >= 15 is 0 Å². The van der Waals surface area contributed by atoms with Gasteiger partial charge in [-0.15, -0.1) is 0 Å². The Morgan fingerprint density at radius 1 is 1.00 bits per heavy atom. The lowest BCUT2D eigenvalue weighted by Gasteiger charge is -2.35. The van der Waals surface area contributed by atoms with E-state index in [1.807, 2.05) is 11.8 Å². The molecule has 13 heteroatoms. The van der Waals surface area contributed by atoms with Crippen molar-refractivity contribution in [1.29, 1.82) is 0 Å². The van der Waals surface area contributed by atoms with E-state index in [9.17, 15) is 32.7 Å². The molecule has 2 aliphatic rings.